The van der Waals surface area contributed by atoms with Crippen LogP contribution in [0, 0.1) is 0 Å². The molecular weight excluding hydrogens is 362 g/mol. The van der Waals surface area contributed by atoms with Crippen molar-refractivity contribution < 1.29 is 42.5 Å². The minimum Gasteiger partial charge on any atom is -0.466 e. The third-order valence-electron chi connectivity index (χ3n) is 3.25. The van der Waals surface area contributed by atoms with Crippen molar-refractivity contribution in [2.75, 3.05) is 6.61 Å². The highest BCUT2D eigenvalue weighted by Gasteiger charge is 2.64. The van der Waals surface area contributed by atoms with Crippen LogP contribution in [0.4, 0.5) is 0 Å². The van der Waals surface area contributed by atoms with E-state index in [2.05, 4.69) is 6.58 Å². The van der Waals surface area contributed by atoms with E-state index in [4.69, 9.17) is 18.5 Å². The lowest BCUT2D eigenvalue weighted by Gasteiger charge is -2.39. The van der Waals surface area contributed by atoms with Gasteiger partial charge in [0.2, 0.25) is 6.29 Å². The predicted octanol–water partition coefficient (Wildman–Crippen LogP) is 2.66. The molecule has 3 N–H and O–H groups in total. The molecule has 0 amide bonds. The highest BCUT2D eigenvalue weighted by Crippen LogP contribution is 2.78. The Kier molecular flexibility index (Phi) is 5.28. The van der Waals surface area contributed by atoms with E-state index in [9.17, 15) is 24.0 Å². The molecule has 2 unspecified atom stereocenters. The summed E-state index contributed by atoms with van der Waals surface area (Å²) >= 11 is 0. The Morgan fingerprint density at radius 2 is 1.83 bits per heavy atom. The van der Waals surface area contributed by atoms with Gasteiger partial charge in [0, 0.05) is 0 Å². The lowest BCUT2D eigenvalue weighted by atomic mass is 10.2. The second-order valence-corrected chi connectivity index (χ2v) is 9.60. The molecule has 2 rings (SSSR count). The molecule has 24 heavy (non-hydrogen) atoms. The van der Waals surface area contributed by atoms with Gasteiger partial charge in [-0.2, -0.15) is 0 Å². The molecule has 1 aliphatic heterocycles. The molecule has 0 radical (unpaired) electrons. The maximum Gasteiger partial charge on any atom is 0.374 e. The molecule has 134 valence electrons. The second kappa shape index (κ2) is 6.61. The van der Waals surface area contributed by atoms with Crippen LogP contribution in [-0.4, -0.2) is 26.6 Å². The summed E-state index contributed by atoms with van der Waals surface area (Å²) in [6.07, 6.45) is -1.71. The quantitative estimate of drug-likeness (QED) is 0.521. The molecule has 1 heterocycles. The molecule has 0 spiro atoms. The zero-order valence-electron chi connectivity index (χ0n) is 13.0. The first kappa shape index (κ1) is 19.1. The number of para-hydroxylation sites is 1. The Morgan fingerprint density at radius 1 is 1.29 bits per heavy atom. The van der Waals surface area contributed by atoms with E-state index in [-0.39, 0.29) is 17.3 Å². The molecule has 1 aromatic rings. The topological polar surface area (TPSA) is 132 Å². The molecule has 0 saturated carbocycles. The first-order valence-electron chi connectivity index (χ1n) is 6.85. The van der Waals surface area contributed by atoms with Crippen molar-refractivity contribution in [1.29, 1.82) is 0 Å². The Labute approximate surface area is 138 Å². The Balaban J connectivity index is 2.38. The number of hydrogen-bond acceptors (Lipinski definition) is 7. The number of rotatable bonds is 5. The van der Waals surface area contributed by atoms with Gasteiger partial charge in [0.1, 0.15) is 5.75 Å². The van der Waals surface area contributed by atoms with E-state index in [1.54, 1.807) is 13.0 Å². The van der Waals surface area contributed by atoms with Gasteiger partial charge in [-0.25, -0.2) is 0 Å². The summed E-state index contributed by atoms with van der Waals surface area (Å²) < 4.78 is 44.3. The van der Waals surface area contributed by atoms with Gasteiger partial charge >= 0.3 is 15.2 Å². The minimum absolute atomic E-state index is 0.0490. The number of aliphatic hydroxyl groups is 1. The van der Waals surface area contributed by atoms with E-state index >= 15 is 0 Å². The van der Waals surface area contributed by atoms with Crippen molar-refractivity contribution >= 4 is 15.2 Å². The van der Waals surface area contributed by atoms with Crippen molar-refractivity contribution in [3.05, 3.63) is 42.4 Å². The lowest BCUT2D eigenvalue weighted by Crippen LogP contribution is -2.32. The van der Waals surface area contributed by atoms with E-state index < -0.39 is 26.6 Å². The number of hydrogen-bond donors (Lipinski definition) is 3. The van der Waals surface area contributed by atoms with Crippen molar-refractivity contribution in [3.63, 3.8) is 0 Å². The molecule has 0 bridgehead atoms. The van der Waals surface area contributed by atoms with E-state index in [0.29, 0.717) is 13.5 Å². The van der Waals surface area contributed by atoms with Gasteiger partial charge in [0.05, 0.1) is 12.2 Å². The van der Waals surface area contributed by atoms with Crippen LogP contribution in [0.3, 0.4) is 0 Å². The van der Waals surface area contributed by atoms with E-state index in [1.807, 2.05) is 0 Å². The highest BCUT2D eigenvalue weighted by atomic mass is 31.2. The number of benzene rings is 1. The summed E-state index contributed by atoms with van der Waals surface area (Å²) in [5, 5.41) is 6.89. The molecule has 11 heteroatoms. The maximum absolute atomic E-state index is 12.1. The van der Waals surface area contributed by atoms with Crippen LogP contribution in [0.2, 0.25) is 0 Å². The van der Waals surface area contributed by atoms with E-state index in [1.165, 1.54) is 18.2 Å². The molecule has 1 fully saturated rings. The third-order valence-corrected chi connectivity index (χ3v) is 7.86. The first-order chi connectivity index (χ1) is 11.0. The second-order valence-electron chi connectivity index (χ2n) is 5.00. The third kappa shape index (κ3) is 3.43. The molecule has 2 atom stereocenters. The van der Waals surface area contributed by atoms with Gasteiger partial charge in [-0.05, 0) is 26.5 Å². The first-order valence-corrected chi connectivity index (χ1v) is 10.0. The summed E-state index contributed by atoms with van der Waals surface area (Å²) in [4.78, 5) is 19.6. The predicted molar refractivity (Wildman–Crippen MR) is 83.0 cm³/mol. The molecule has 1 aliphatic rings. The van der Waals surface area contributed by atoms with Crippen molar-refractivity contribution in [2.24, 2.45) is 0 Å². The highest BCUT2D eigenvalue weighted by molar-refractivity contribution is 7.73. The van der Waals surface area contributed by atoms with Crippen LogP contribution in [0.15, 0.2) is 36.8 Å². The van der Waals surface area contributed by atoms with E-state index in [0.717, 1.165) is 0 Å². The van der Waals surface area contributed by atoms with Gasteiger partial charge in [0.15, 0.2) is 0 Å². The molecule has 0 aliphatic carbocycles. The molecular formula is C13H18O9P2. The van der Waals surface area contributed by atoms with Crippen LogP contribution in [-0.2, 0) is 22.9 Å². The van der Waals surface area contributed by atoms with Crippen LogP contribution < -0.4 is 4.74 Å². The fraction of sp³-hybridized carbons (Fsp3) is 0.385. The Hall–Kier alpha value is -1.18. The standard InChI is InChI=1S/C13H18O9P2/c1-4-19-9(2)20-11-8-6-5-7-10(11)12-21-23(15,16)13(3,14)24(17,18)22-12/h5-8,12,14H,2,4H2,1,3H3,(H,15,16)(H,17,18). The lowest BCUT2D eigenvalue weighted by molar-refractivity contribution is -0.0561. The van der Waals surface area contributed by atoms with Crippen LogP contribution in [0.25, 0.3) is 0 Å². The van der Waals surface area contributed by atoms with Gasteiger partial charge in [-0.3, -0.25) is 18.2 Å². The summed E-state index contributed by atoms with van der Waals surface area (Å²) in [5.41, 5.74) is 0.0532. The normalized spacial score (nSPS) is 36.1. The van der Waals surface area contributed by atoms with Crippen LogP contribution in [0.5, 0.6) is 5.75 Å². The average Bonchev–Trinajstić information content (AvgIpc) is 2.45. The summed E-state index contributed by atoms with van der Waals surface area (Å²) in [7, 11) is -9.78. The molecule has 0 aromatic heterocycles. The minimum atomic E-state index is -4.89. The van der Waals surface area contributed by atoms with Crippen molar-refractivity contribution in [3.8, 4) is 5.75 Å². The summed E-state index contributed by atoms with van der Waals surface area (Å²) in [6, 6.07) is 5.99. The molecule has 9 nitrogen and oxygen atoms in total. The average molecular weight is 380 g/mol. The van der Waals surface area contributed by atoms with Crippen LogP contribution in [0.1, 0.15) is 25.7 Å². The van der Waals surface area contributed by atoms with Crippen molar-refractivity contribution in [2.45, 2.75) is 25.2 Å². The summed E-state index contributed by atoms with van der Waals surface area (Å²) in [6.45, 7) is 6.26. The van der Waals surface area contributed by atoms with Gasteiger partial charge < -0.3 is 24.4 Å². The van der Waals surface area contributed by atoms with Crippen LogP contribution >= 0.6 is 15.2 Å². The zero-order chi connectivity index (χ0) is 18.2. The monoisotopic (exact) mass is 380 g/mol. The fourth-order valence-corrected chi connectivity index (χ4v) is 4.69. The maximum atomic E-state index is 12.1. The van der Waals surface area contributed by atoms with Gasteiger partial charge in [-0.1, -0.05) is 18.2 Å². The van der Waals surface area contributed by atoms with Gasteiger partial charge in [0.25, 0.3) is 11.0 Å². The fourth-order valence-electron chi connectivity index (χ4n) is 1.83. The van der Waals surface area contributed by atoms with Crippen molar-refractivity contribution in [1.82, 2.24) is 0 Å². The summed E-state index contributed by atoms with van der Waals surface area (Å²) in [5.74, 6) is 0.0367. The Morgan fingerprint density at radius 3 is 2.38 bits per heavy atom. The molecule has 1 saturated heterocycles. The Bertz CT molecular complexity index is 702. The largest absolute Gasteiger partial charge is 0.466 e. The smallest absolute Gasteiger partial charge is 0.374 e. The van der Waals surface area contributed by atoms with Gasteiger partial charge in [-0.15, -0.1) is 0 Å². The zero-order valence-corrected chi connectivity index (χ0v) is 14.8. The number of ether oxygens (including phenoxy) is 2. The molecule has 1 aromatic carbocycles. The SMILES string of the molecule is C=C(OCC)Oc1ccccc1C1OP(=O)(O)C(C)(O)P(=O)(O)O1.